The van der Waals surface area contributed by atoms with Crippen LogP contribution in [0.1, 0.15) is 0 Å². The van der Waals surface area contributed by atoms with Crippen LogP contribution in [0.5, 0.6) is 0 Å². The summed E-state index contributed by atoms with van der Waals surface area (Å²) in [5.74, 6) is 0.355. The molecule has 0 bridgehead atoms. The first-order valence-corrected chi connectivity index (χ1v) is 8.36. The van der Waals surface area contributed by atoms with Crippen molar-refractivity contribution in [1.29, 1.82) is 0 Å². The number of hydrogen-bond donors (Lipinski definition) is 4. The molecule has 0 saturated carbocycles. The zero-order chi connectivity index (χ0) is 19.8. The van der Waals surface area contributed by atoms with Gasteiger partial charge in [-0.25, -0.2) is 18.6 Å². The van der Waals surface area contributed by atoms with E-state index in [4.69, 9.17) is 0 Å². The van der Waals surface area contributed by atoms with Gasteiger partial charge in [0.15, 0.2) is 5.82 Å². The van der Waals surface area contributed by atoms with Gasteiger partial charge in [0.05, 0.1) is 5.69 Å². The van der Waals surface area contributed by atoms with Crippen LogP contribution in [0.4, 0.5) is 36.7 Å². The zero-order valence-electron chi connectivity index (χ0n) is 14.6. The van der Waals surface area contributed by atoms with Crippen LogP contribution in [0.15, 0.2) is 54.7 Å². The average molecular weight is 385 g/mol. The van der Waals surface area contributed by atoms with Crippen LogP contribution in [0.2, 0.25) is 0 Å². The van der Waals surface area contributed by atoms with Crippen LogP contribution >= 0.6 is 0 Å². The van der Waals surface area contributed by atoms with Crippen LogP contribution < -0.4 is 21.3 Å². The molecule has 2 aromatic heterocycles. The summed E-state index contributed by atoms with van der Waals surface area (Å²) < 4.78 is 26.5. The molecule has 0 spiro atoms. The topological polar surface area (TPSA) is 104 Å². The Kier molecular flexibility index (Phi) is 6.24. The van der Waals surface area contributed by atoms with E-state index >= 15 is 0 Å². The first-order chi connectivity index (χ1) is 13.6. The van der Waals surface area contributed by atoms with Crippen molar-refractivity contribution in [3.63, 3.8) is 0 Å². The fourth-order valence-electron chi connectivity index (χ4n) is 2.19. The summed E-state index contributed by atoms with van der Waals surface area (Å²) in [6.07, 6.45) is 1.66. The third kappa shape index (κ3) is 5.59. The summed E-state index contributed by atoms with van der Waals surface area (Å²) in [6, 6.07) is 11.1. The van der Waals surface area contributed by atoms with Gasteiger partial charge in [0.2, 0.25) is 0 Å². The molecule has 0 atom stereocenters. The lowest BCUT2D eigenvalue weighted by molar-refractivity contribution is 0.252. The summed E-state index contributed by atoms with van der Waals surface area (Å²) in [6.45, 7) is 0.596. The molecular formula is C18H17F2N7O. The van der Waals surface area contributed by atoms with Gasteiger partial charge in [-0.1, -0.05) is 6.07 Å². The second kappa shape index (κ2) is 9.21. The minimum Gasteiger partial charge on any atom is -0.367 e. The smallest absolute Gasteiger partial charge is 0.319 e. The summed E-state index contributed by atoms with van der Waals surface area (Å²) >= 11 is 0. The summed E-state index contributed by atoms with van der Waals surface area (Å²) in [5.41, 5.74) is -0.229. The second-order valence-corrected chi connectivity index (χ2v) is 5.58. The Labute approximate surface area is 159 Å². The number of carbonyl (C=O) groups excluding carboxylic acids is 1. The molecule has 144 valence electrons. The van der Waals surface area contributed by atoms with Gasteiger partial charge >= 0.3 is 6.03 Å². The van der Waals surface area contributed by atoms with Crippen molar-refractivity contribution in [2.45, 2.75) is 0 Å². The predicted molar refractivity (Wildman–Crippen MR) is 101 cm³/mol. The number of nitrogens with zero attached hydrogens (tertiary/aromatic N) is 3. The molecule has 0 saturated heterocycles. The molecule has 1 aromatic carbocycles. The van der Waals surface area contributed by atoms with Gasteiger partial charge in [0.25, 0.3) is 0 Å². The van der Waals surface area contributed by atoms with Crippen molar-refractivity contribution in [2.24, 2.45) is 0 Å². The number of halogens is 2. The van der Waals surface area contributed by atoms with E-state index in [1.54, 1.807) is 24.4 Å². The maximum Gasteiger partial charge on any atom is 0.319 e. The normalized spacial score (nSPS) is 10.2. The van der Waals surface area contributed by atoms with Crippen molar-refractivity contribution < 1.29 is 13.6 Å². The first-order valence-electron chi connectivity index (χ1n) is 8.36. The van der Waals surface area contributed by atoms with Gasteiger partial charge in [0.1, 0.15) is 23.3 Å². The number of anilines is 4. The molecule has 2 heterocycles. The number of aromatic nitrogens is 3. The molecule has 10 heteroatoms. The standard InChI is InChI=1S/C18H17F2N7O/c19-12-4-5-13(20)14(11-12)24-18(28)23-10-9-22-16-6-7-17(27-26-16)25-15-3-1-2-8-21-15/h1-8,11H,9-10H2,(H,22,26)(H,21,25,27)(H2,23,24,28). The number of hydrogen-bond acceptors (Lipinski definition) is 6. The highest BCUT2D eigenvalue weighted by Gasteiger charge is 2.07. The van der Waals surface area contributed by atoms with Gasteiger partial charge in [-0.3, -0.25) is 0 Å². The van der Waals surface area contributed by atoms with E-state index in [-0.39, 0.29) is 12.2 Å². The van der Waals surface area contributed by atoms with Crippen LogP contribution in [0.3, 0.4) is 0 Å². The van der Waals surface area contributed by atoms with Crippen LogP contribution in [-0.2, 0) is 0 Å². The Morgan fingerprint density at radius 3 is 2.50 bits per heavy atom. The highest BCUT2D eigenvalue weighted by atomic mass is 19.1. The Morgan fingerprint density at radius 2 is 1.75 bits per heavy atom. The molecule has 0 fully saturated rings. The first kappa shape index (κ1) is 19.0. The third-order valence-electron chi connectivity index (χ3n) is 3.48. The second-order valence-electron chi connectivity index (χ2n) is 5.58. The Morgan fingerprint density at radius 1 is 0.929 bits per heavy atom. The van der Waals surface area contributed by atoms with Gasteiger partial charge < -0.3 is 21.3 Å². The highest BCUT2D eigenvalue weighted by Crippen LogP contribution is 2.15. The number of rotatable bonds is 7. The van der Waals surface area contributed by atoms with Gasteiger partial charge in [-0.2, -0.15) is 0 Å². The van der Waals surface area contributed by atoms with Crippen molar-refractivity contribution >= 4 is 29.2 Å². The van der Waals surface area contributed by atoms with E-state index in [2.05, 4.69) is 36.4 Å². The Balaban J connectivity index is 1.40. The van der Waals surface area contributed by atoms with Gasteiger partial charge in [0, 0.05) is 25.4 Å². The molecule has 3 aromatic rings. The Hall–Kier alpha value is -3.82. The highest BCUT2D eigenvalue weighted by molar-refractivity contribution is 5.89. The minimum atomic E-state index is -0.718. The van der Waals surface area contributed by atoms with E-state index in [0.717, 1.165) is 18.2 Å². The third-order valence-corrected chi connectivity index (χ3v) is 3.48. The molecule has 2 amide bonds. The monoisotopic (exact) mass is 385 g/mol. The Bertz CT molecular complexity index is 923. The fourth-order valence-corrected chi connectivity index (χ4v) is 2.19. The number of nitrogens with one attached hydrogen (secondary N) is 4. The minimum absolute atomic E-state index is 0.229. The summed E-state index contributed by atoms with van der Waals surface area (Å²) in [7, 11) is 0. The number of urea groups is 1. The molecule has 0 aliphatic heterocycles. The van der Waals surface area contributed by atoms with Crippen LogP contribution in [-0.4, -0.2) is 34.3 Å². The van der Waals surface area contributed by atoms with Crippen LogP contribution in [0, 0.1) is 11.6 Å². The molecule has 4 N–H and O–H groups in total. The molecule has 8 nitrogen and oxygen atoms in total. The molecule has 0 radical (unpaired) electrons. The van der Waals surface area contributed by atoms with Crippen molar-refractivity contribution in [2.75, 3.05) is 29.0 Å². The maximum atomic E-state index is 13.5. The van der Waals surface area contributed by atoms with E-state index in [1.165, 1.54) is 0 Å². The van der Waals surface area contributed by atoms with Crippen LogP contribution in [0.25, 0.3) is 0 Å². The lowest BCUT2D eigenvalue weighted by Gasteiger charge is -2.10. The largest absolute Gasteiger partial charge is 0.367 e. The zero-order valence-corrected chi connectivity index (χ0v) is 14.6. The van der Waals surface area contributed by atoms with Crippen molar-refractivity contribution in [3.8, 4) is 0 Å². The van der Waals surface area contributed by atoms with Crippen molar-refractivity contribution in [3.05, 3.63) is 66.4 Å². The lowest BCUT2D eigenvalue weighted by Crippen LogP contribution is -2.33. The number of benzene rings is 1. The summed E-state index contributed by atoms with van der Waals surface area (Å²) in [5, 5.41) is 18.8. The predicted octanol–water partition coefficient (Wildman–Crippen LogP) is 3.13. The maximum absolute atomic E-state index is 13.5. The SMILES string of the molecule is O=C(NCCNc1ccc(Nc2ccccn2)nn1)Nc1cc(F)ccc1F. The average Bonchev–Trinajstić information content (AvgIpc) is 2.70. The number of amides is 2. The number of pyridine rings is 1. The lowest BCUT2D eigenvalue weighted by atomic mass is 10.3. The van der Waals surface area contributed by atoms with E-state index < -0.39 is 17.7 Å². The molecule has 0 aliphatic rings. The molecule has 28 heavy (non-hydrogen) atoms. The summed E-state index contributed by atoms with van der Waals surface area (Å²) in [4.78, 5) is 15.9. The molecule has 0 aliphatic carbocycles. The quantitative estimate of drug-likeness (QED) is 0.466. The van der Waals surface area contributed by atoms with Crippen molar-refractivity contribution in [1.82, 2.24) is 20.5 Å². The van der Waals surface area contributed by atoms with Gasteiger partial charge in [-0.15, -0.1) is 10.2 Å². The molecular weight excluding hydrogens is 368 g/mol. The van der Waals surface area contributed by atoms with E-state index in [1.807, 2.05) is 12.1 Å². The van der Waals surface area contributed by atoms with Gasteiger partial charge in [-0.05, 0) is 36.4 Å². The van der Waals surface area contributed by atoms with E-state index in [0.29, 0.717) is 24.0 Å². The molecule has 3 rings (SSSR count). The molecule has 0 unspecified atom stereocenters. The number of carbonyl (C=O) groups is 1. The fraction of sp³-hybridized carbons (Fsp3) is 0.111. The van der Waals surface area contributed by atoms with E-state index in [9.17, 15) is 13.6 Å².